The number of nitrogens with one attached hydrogen (secondary N) is 2. The van der Waals surface area contributed by atoms with Crippen LogP contribution in [0, 0.1) is 5.92 Å². The van der Waals surface area contributed by atoms with E-state index in [9.17, 15) is 0 Å². The van der Waals surface area contributed by atoms with Gasteiger partial charge in [0.1, 0.15) is 0 Å². The molecule has 4 heterocycles. The Hall–Kier alpha value is -2.80. The molecule has 122 valence electrons. The summed E-state index contributed by atoms with van der Waals surface area (Å²) in [7, 11) is 0. The molecule has 24 heavy (non-hydrogen) atoms. The minimum absolute atomic E-state index is 0.651. The quantitative estimate of drug-likeness (QED) is 0.716. The predicted octanol–water partition coefficient (Wildman–Crippen LogP) is 1.49. The molecule has 0 atom stereocenters. The van der Waals surface area contributed by atoms with E-state index >= 15 is 0 Å². The zero-order valence-electron chi connectivity index (χ0n) is 13.3. The Morgan fingerprint density at radius 3 is 2.71 bits per heavy atom. The number of pyridine rings is 1. The molecule has 7 nitrogen and oxygen atoms in total. The number of hydrogen-bond acceptors (Lipinski definition) is 6. The first-order valence-corrected chi connectivity index (χ1v) is 8.06. The van der Waals surface area contributed by atoms with Gasteiger partial charge >= 0.3 is 0 Å². The first kappa shape index (κ1) is 14.8. The van der Waals surface area contributed by atoms with E-state index in [1.807, 2.05) is 36.7 Å². The molecule has 3 aromatic rings. The molecule has 1 aliphatic rings. The number of anilines is 1. The summed E-state index contributed by atoms with van der Waals surface area (Å²) in [6.45, 7) is 3.89. The monoisotopic (exact) mass is 321 g/mol. The van der Waals surface area contributed by atoms with Gasteiger partial charge in [0.2, 0.25) is 0 Å². The minimum Gasteiger partial charge on any atom is -0.354 e. The number of nitrogens with zero attached hydrogens (tertiary/aromatic N) is 5. The van der Waals surface area contributed by atoms with Gasteiger partial charge in [-0.25, -0.2) is 0 Å². The average Bonchev–Trinajstić information content (AvgIpc) is 3.11. The molecular formula is C17H19N7. The van der Waals surface area contributed by atoms with Gasteiger partial charge in [-0.05, 0) is 24.3 Å². The molecule has 0 aromatic carbocycles. The van der Waals surface area contributed by atoms with Crippen LogP contribution in [0.25, 0.3) is 11.3 Å². The van der Waals surface area contributed by atoms with Gasteiger partial charge in [0.15, 0.2) is 5.82 Å². The Morgan fingerprint density at radius 2 is 2.00 bits per heavy atom. The van der Waals surface area contributed by atoms with Crippen molar-refractivity contribution in [2.45, 2.75) is 6.54 Å². The minimum atomic E-state index is 0.651. The summed E-state index contributed by atoms with van der Waals surface area (Å²) in [4.78, 5) is 6.28. The molecule has 0 amide bonds. The molecule has 0 aliphatic carbocycles. The van der Waals surface area contributed by atoms with Crippen LogP contribution in [0.1, 0.15) is 5.56 Å². The molecule has 2 N–H and O–H groups in total. The summed E-state index contributed by atoms with van der Waals surface area (Å²) in [5, 5.41) is 18.9. The molecule has 1 saturated heterocycles. The highest BCUT2D eigenvalue weighted by molar-refractivity contribution is 5.59. The van der Waals surface area contributed by atoms with E-state index < -0.39 is 0 Å². The van der Waals surface area contributed by atoms with Crippen LogP contribution >= 0.6 is 0 Å². The molecule has 3 aromatic heterocycles. The average molecular weight is 321 g/mol. The number of H-pyrrole nitrogens is 1. The lowest BCUT2D eigenvalue weighted by Crippen LogP contribution is -2.51. The van der Waals surface area contributed by atoms with E-state index in [0.717, 1.165) is 43.3 Å². The lowest BCUT2D eigenvalue weighted by atomic mass is 10.00. The fourth-order valence-electron chi connectivity index (χ4n) is 2.85. The largest absolute Gasteiger partial charge is 0.354 e. The molecule has 0 saturated carbocycles. The van der Waals surface area contributed by atoms with Crippen LogP contribution in [-0.4, -0.2) is 45.0 Å². The first-order chi connectivity index (χ1) is 11.9. The standard InChI is InChI=1S/C17H19N7/c1-2-17(23-22-16(1)15-3-5-18-6-4-15)24-11-14(12-24)8-19-7-13-9-20-21-10-13/h1-6,9-10,14,19H,7-8,11-12H2,(H,20,21). The highest BCUT2D eigenvalue weighted by Crippen LogP contribution is 2.23. The van der Waals surface area contributed by atoms with Crippen molar-refractivity contribution in [1.82, 2.24) is 30.7 Å². The molecule has 0 spiro atoms. The van der Waals surface area contributed by atoms with Crippen molar-refractivity contribution in [3.63, 3.8) is 0 Å². The van der Waals surface area contributed by atoms with Crippen molar-refractivity contribution < 1.29 is 0 Å². The van der Waals surface area contributed by atoms with Crippen LogP contribution in [0.4, 0.5) is 5.82 Å². The first-order valence-electron chi connectivity index (χ1n) is 8.06. The second-order valence-corrected chi connectivity index (χ2v) is 6.02. The second-order valence-electron chi connectivity index (χ2n) is 6.02. The fourth-order valence-corrected chi connectivity index (χ4v) is 2.85. The summed E-state index contributed by atoms with van der Waals surface area (Å²) < 4.78 is 0. The topological polar surface area (TPSA) is 82.6 Å². The number of aromatic amines is 1. The van der Waals surface area contributed by atoms with Crippen molar-refractivity contribution in [1.29, 1.82) is 0 Å². The lowest BCUT2D eigenvalue weighted by Gasteiger charge is -2.40. The summed E-state index contributed by atoms with van der Waals surface area (Å²) in [5.74, 6) is 1.59. The molecule has 7 heteroatoms. The maximum Gasteiger partial charge on any atom is 0.151 e. The third-order valence-electron chi connectivity index (χ3n) is 4.22. The zero-order chi connectivity index (χ0) is 16.2. The van der Waals surface area contributed by atoms with Crippen molar-refractivity contribution in [2.24, 2.45) is 5.92 Å². The Labute approximate surface area is 140 Å². The van der Waals surface area contributed by atoms with Gasteiger partial charge in [0.05, 0.1) is 11.9 Å². The van der Waals surface area contributed by atoms with Crippen LogP contribution in [-0.2, 0) is 6.54 Å². The van der Waals surface area contributed by atoms with Gasteiger partial charge in [-0.3, -0.25) is 10.1 Å². The third-order valence-corrected chi connectivity index (χ3v) is 4.22. The Balaban J connectivity index is 1.26. The normalized spacial score (nSPS) is 14.6. The van der Waals surface area contributed by atoms with Gasteiger partial charge in [0, 0.05) is 61.8 Å². The molecular weight excluding hydrogens is 302 g/mol. The van der Waals surface area contributed by atoms with Gasteiger partial charge in [-0.2, -0.15) is 5.10 Å². The van der Waals surface area contributed by atoms with E-state index in [1.165, 1.54) is 5.56 Å². The van der Waals surface area contributed by atoms with Gasteiger partial charge < -0.3 is 10.2 Å². The van der Waals surface area contributed by atoms with Crippen molar-refractivity contribution in [3.05, 3.63) is 54.6 Å². The number of hydrogen-bond donors (Lipinski definition) is 2. The maximum absolute atomic E-state index is 4.36. The number of aromatic nitrogens is 5. The maximum atomic E-state index is 4.36. The van der Waals surface area contributed by atoms with E-state index in [0.29, 0.717) is 5.92 Å². The van der Waals surface area contributed by atoms with Crippen molar-refractivity contribution in [2.75, 3.05) is 24.5 Å². The highest BCUT2D eigenvalue weighted by atomic mass is 15.3. The van der Waals surface area contributed by atoms with E-state index in [4.69, 9.17) is 0 Å². The summed E-state index contributed by atoms with van der Waals surface area (Å²) >= 11 is 0. The van der Waals surface area contributed by atoms with Gasteiger partial charge in [-0.1, -0.05) is 0 Å². The van der Waals surface area contributed by atoms with Crippen LogP contribution in [0.5, 0.6) is 0 Å². The van der Waals surface area contributed by atoms with E-state index in [-0.39, 0.29) is 0 Å². The summed E-state index contributed by atoms with van der Waals surface area (Å²) in [5.41, 5.74) is 3.10. The highest BCUT2D eigenvalue weighted by Gasteiger charge is 2.27. The van der Waals surface area contributed by atoms with Crippen LogP contribution in [0.15, 0.2) is 49.1 Å². The van der Waals surface area contributed by atoms with E-state index in [2.05, 4.69) is 35.6 Å². The summed E-state index contributed by atoms with van der Waals surface area (Å²) in [6.07, 6.45) is 7.29. The third kappa shape index (κ3) is 3.26. The Bertz CT molecular complexity index is 749. The van der Waals surface area contributed by atoms with Crippen LogP contribution in [0.2, 0.25) is 0 Å². The van der Waals surface area contributed by atoms with Gasteiger partial charge in [0.25, 0.3) is 0 Å². The van der Waals surface area contributed by atoms with Crippen LogP contribution < -0.4 is 10.2 Å². The summed E-state index contributed by atoms with van der Waals surface area (Å²) in [6, 6.07) is 7.93. The number of rotatable bonds is 6. The molecule has 1 aliphatic heterocycles. The molecule has 0 bridgehead atoms. The fraction of sp³-hybridized carbons (Fsp3) is 0.294. The lowest BCUT2D eigenvalue weighted by molar-refractivity contribution is 0.381. The SMILES string of the molecule is c1cc(-c2ccc(N3CC(CNCc4cn[nH]c4)C3)nn2)ccn1. The Morgan fingerprint density at radius 1 is 1.12 bits per heavy atom. The molecule has 1 fully saturated rings. The molecule has 0 unspecified atom stereocenters. The molecule has 0 radical (unpaired) electrons. The van der Waals surface area contributed by atoms with Gasteiger partial charge in [-0.15, -0.1) is 10.2 Å². The Kier molecular flexibility index (Phi) is 4.16. The van der Waals surface area contributed by atoms with Crippen molar-refractivity contribution in [3.8, 4) is 11.3 Å². The predicted molar refractivity (Wildman–Crippen MR) is 91.3 cm³/mol. The van der Waals surface area contributed by atoms with E-state index in [1.54, 1.807) is 12.4 Å². The zero-order valence-corrected chi connectivity index (χ0v) is 13.3. The van der Waals surface area contributed by atoms with Crippen molar-refractivity contribution >= 4 is 5.82 Å². The smallest absolute Gasteiger partial charge is 0.151 e. The second kappa shape index (κ2) is 6.76. The molecule has 4 rings (SSSR count). The van der Waals surface area contributed by atoms with Crippen LogP contribution in [0.3, 0.4) is 0 Å².